The summed E-state index contributed by atoms with van der Waals surface area (Å²) in [6.45, 7) is 6.71. The number of nitrogens with zero attached hydrogens (tertiary/aromatic N) is 2. The van der Waals surface area contributed by atoms with Crippen LogP contribution in [0.3, 0.4) is 0 Å². The predicted molar refractivity (Wildman–Crippen MR) is 86.6 cm³/mol. The number of hydrogen-bond acceptors (Lipinski definition) is 4. The highest BCUT2D eigenvalue weighted by atomic mass is 19.1. The molecule has 1 aliphatic rings. The summed E-state index contributed by atoms with van der Waals surface area (Å²) in [7, 11) is 0. The first-order valence-corrected chi connectivity index (χ1v) is 8.01. The van der Waals surface area contributed by atoms with Gasteiger partial charge >= 0.3 is 0 Å². The van der Waals surface area contributed by atoms with E-state index in [9.17, 15) is 4.39 Å². The van der Waals surface area contributed by atoms with Gasteiger partial charge in [0, 0.05) is 43.5 Å². The predicted octanol–water partition coefficient (Wildman–Crippen LogP) is 2.02. The van der Waals surface area contributed by atoms with Crippen LogP contribution in [0.2, 0.25) is 0 Å². The molecule has 124 valence electrons. The van der Waals surface area contributed by atoms with Gasteiger partial charge in [-0.1, -0.05) is 12.1 Å². The van der Waals surface area contributed by atoms with Crippen LogP contribution in [0.1, 0.15) is 22.9 Å². The number of aromatic amines is 1. The number of halogens is 1. The summed E-state index contributed by atoms with van der Waals surface area (Å²) < 4.78 is 19.1. The van der Waals surface area contributed by atoms with Crippen LogP contribution in [-0.4, -0.2) is 47.9 Å². The molecule has 2 heterocycles. The lowest BCUT2D eigenvalue weighted by atomic mass is 10.0. The van der Waals surface area contributed by atoms with Crippen molar-refractivity contribution >= 4 is 0 Å². The van der Waals surface area contributed by atoms with E-state index < -0.39 is 0 Å². The molecule has 0 radical (unpaired) electrons. The number of aryl methyl sites for hydroxylation is 1. The molecule has 1 saturated heterocycles. The number of hydrogen-bond donors (Lipinski definition) is 2. The van der Waals surface area contributed by atoms with Gasteiger partial charge in [-0.15, -0.1) is 0 Å². The minimum atomic E-state index is -0.188. The Morgan fingerprint density at radius 2 is 2.22 bits per heavy atom. The second-order valence-corrected chi connectivity index (χ2v) is 5.87. The van der Waals surface area contributed by atoms with E-state index in [1.54, 1.807) is 12.1 Å². The average molecular weight is 318 g/mol. The van der Waals surface area contributed by atoms with Crippen LogP contribution in [0.15, 0.2) is 30.5 Å². The van der Waals surface area contributed by atoms with Gasteiger partial charge < -0.3 is 10.1 Å². The number of rotatable bonds is 6. The van der Waals surface area contributed by atoms with Crippen LogP contribution in [0, 0.1) is 12.7 Å². The molecule has 23 heavy (non-hydrogen) atoms. The summed E-state index contributed by atoms with van der Waals surface area (Å²) in [5.74, 6) is -0.188. The minimum Gasteiger partial charge on any atom is -0.379 e. The van der Waals surface area contributed by atoms with Gasteiger partial charge in [0.25, 0.3) is 0 Å². The van der Waals surface area contributed by atoms with Gasteiger partial charge in [0.1, 0.15) is 5.82 Å². The Hall–Kier alpha value is -1.76. The SMILES string of the molecule is Cc1[nH]ncc1CNCC(c1cccc(F)c1)N1CCOCC1. The highest BCUT2D eigenvalue weighted by molar-refractivity contribution is 5.21. The van der Waals surface area contributed by atoms with Gasteiger partial charge in [-0.25, -0.2) is 4.39 Å². The minimum absolute atomic E-state index is 0.141. The fourth-order valence-electron chi connectivity index (χ4n) is 2.96. The van der Waals surface area contributed by atoms with Crippen LogP contribution >= 0.6 is 0 Å². The van der Waals surface area contributed by atoms with Crippen molar-refractivity contribution in [2.45, 2.75) is 19.5 Å². The highest BCUT2D eigenvalue weighted by Gasteiger charge is 2.22. The van der Waals surface area contributed by atoms with Gasteiger partial charge in [-0.2, -0.15) is 5.10 Å². The summed E-state index contributed by atoms with van der Waals surface area (Å²) >= 11 is 0. The molecule has 2 N–H and O–H groups in total. The highest BCUT2D eigenvalue weighted by Crippen LogP contribution is 2.22. The number of benzene rings is 1. The summed E-state index contributed by atoms with van der Waals surface area (Å²) in [6.07, 6.45) is 1.84. The van der Waals surface area contributed by atoms with Gasteiger partial charge in [0.2, 0.25) is 0 Å². The molecule has 2 aromatic rings. The molecule has 1 aromatic heterocycles. The zero-order valence-electron chi connectivity index (χ0n) is 13.4. The molecular formula is C17H23FN4O. The smallest absolute Gasteiger partial charge is 0.123 e. The number of ether oxygens (including phenoxy) is 1. The van der Waals surface area contributed by atoms with Crippen LogP contribution in [-0.2, 0) is 11.3 Å². The standard InChI is InChI=1S/C17H23FN4O/c1-13-15(11-20-21-13)10-19-12-17(22-5-7-23-8-6-22)14-3-2-4-16(18)9-14/h2-4,9,11,17,19H,5-8,10,12H2,1H3,(H,20,21). The van der Waals surface area contributed by atoms with Crippen molar-refractivity contribution < 1.29 is 9.13 Å². The zero-order chi connectivity index (χ0) is 16.1. The summed E-state index contributed by atoms with van der Waals surface area (Å²) in [6, 6.07) is 7.03. The van der Waals surface area contributed by atoms with Crippen molar-refractivity contribution in [2.75, 3.05) is 32.8 Å². The molecule has 1 aliphatic heterocycles. The molecular weight excluding hydrogens is 295 g/mol. The monoisotopic (exact) mass is 318 g/mol. The topological polar surface area (TPSA) is 53.2 Å². The third-order valence-electron chi connectivity index (χ3n) is 4.31. The van der Waals surface area contributed by atoms with Crippen molar-refractivity contribution in [2.24, 2.45) is 0 Å². The van der Waals surface area contributed by atoms with Crippen LogP contribution in [0.25, 0.3) is 0 Å². The molecule has 3 rings (SSSR count). The van der Waals surface area contributed by atoms with E-state index in [4.69, 9.17) is 4.74 Å². The van der Waals surface area contributed by atoms with E-state index in [0.717, 1.165) is 56.2 Å². The van der Waals surface area contributed by atoms with E-state index >= 15 is 0 Å². The van der Waals surface area contributed by atoms with E-state index in [1.807, 2.05) is 19.2 Å². The summed E-state index contributed by atoms with van der Waals surface area (Å²) in [5.41, 5.74) is 3.24. The van der Waals surface area contributed by atoms with Crippen molar-refractivity contribution in [3.63, 3.8) is 0 Å². The van der Waals surface area contributed by atoms with Gasteiger partial charge in [-0.05, 0) is 24.6 Å². The molecule has 1 aromatic carbocycles. The molecule has 0 amide bonds. The van der Waals surface area contributed by atoms with E-state index in [0.29, 0.717) is 0 Å². The molecule has 6 heteroatoms. The maximum absolute atomic E-state index is 13.6. The van der Waals surface area contributed by atoms with Gasteiger partial charge in [0.05, 0.1) is 19.4 Å². The van der Waals surface area contributed by atoms with E-state index in [1.165, 1.54) is 6.07 Å². The summed E-state index contributed by atoms with van der Waals surface area (Å²) in [4.78, 5) is 2.35. The Kier molecular flexibility index (Phi) is 5.38. The number of H-pyrrole nitrogens is 1. The van der Waals surface area contributed by atoms with Crippen molar-refractivity contribution in [3.8, 4) is 0 Å². The van der Waals surface area contributed by atoms with E-state index in [2.05, 4.69) is 20.4 Å². The van der Waals surface area contributed by atoms with Crippen LogP contribution in [0.4, 0.5) is 4.39 Å². The van der Waals surface area contributed by atoms with Crippen LogP contribution < -0.4 is 5.32 Å². The molecule has 1 unspecified atom stereocenters. The molecule has 1 fully saturated rings. The van der Waals surface area contributed by atoms with Crippen molar-refractivity contribution in [3.05, 3.63) is 53.1 Å². The quantitative estimate of drug-likeness (QED) is 0.856. The second-order valence-electron chi connectivity index (χ2n) is 5.87. The van der Waals surface area contributed by atoms with Gasteiger partial charge in [-0.3, -0.25) is 10.00 Å². The van der Waals surface area contributed by atoms with Crippen molar-refractivity contribution in [1.29, 1.82) is 0 Å². The maximum atomic E-state index is 13.6. The second kappa shape index (κ2) is 7.68. The lowest BCUT2D eigenvalue weighted by Crippen LogP contribution is -2.42. The normalized spacial score (nSPS) is 17.3. The molecule has 1 atom stereocenters. The fourth-order valence-corrected chi connectivity index (χ4v) is 2.96. The Morgan fingerprint density at radius 3 is 2.91 bits per heavy atom. The van der Waals surface area contributed by atoms with Crippen molar-refractivity contribution in [1.82, 2.24) is 20.4 Å². The molecule has 0 aliphatic carbocycles. The fraction of sp³-hybridized carbons (Fsp3) is 0.471. The molecule has 0 bridgehead atoms. The lowest BCUT2D eigenvalue weighted by molar-refractivity contribution is 0.0160. The zero-order valence-corrected chi connectivity index (χ0v) is 13.4. The first-order valence-electron chi connectivity index (χ1n) is 8.01. The Balaban J connectivity index is 1.68. The lowest BCUT2D eigenvalue weighted by Gasteiger charge is -2.35. The van der Waals surface area contributed by atoms with Crippen LogP contribution in [0.5, 0.6) is 0 Å². The Bertz CT molecular complexity index is 625. The number of aromatic nitrogens is 2. The largest absolute Gasteiger partial charge is 0.379 e. The third kappa shape index (κ3) is 4.16. The first kappa shape index (κ1) is 16.1. The average Bonchev–Trinajstić information content (AvgIpc) is 2.97. The molecule has 0 spiro atoms. The summed E-state index contributed by atoms with van der Waals surface area (Å²) in [5, 5.41) is 10.5. The third-order valence-corrected chi connectivity index (χ3v) is 4.31. The maximum Gasteiger partial charge on any atom is 0.123 e. The van der Waals surface area contributed by atoms with E-state index in [-0.39, 0.29) is 11.9 Å². The Morgan fingerprint density at radius 1 is 1.39 bits per heavy atom. The Labute approximate surface area is 135 Å². The first-order chi connectivity index (χ1) is 11.2. The molecule has 0 saturated carbocycles. The number of nitrogens with one attached hydrogen (secondary N) is 2. The molecule has 5 nitrogen and oxygen atoms in total. The van der Waals surface area contributed by atoms with Gasteiger partial charge in [0.15, 0.2) is 0 Å². The number of morpholine rings is 1.